The van der Waals surface area contributed by atoms with E-state index in [-0.39, 0.29) is 18.7 Å². The summed E-state index contributed by atoms with van der Waals surface area (Å²) in [6.45, 7) is 8.46. The van der Waals surface area contributed by atoms with Gasteiger partial charge < -0.3 is 20.6 Å². The largest absolute Gasteiger partial charge is 0.392 e. The van der Waals surface area contributed by atoms with E-state index < -0.39 is 0 Å². The van der Waals surface area contributed by atoms with Gasteiger partial charge in [0.25, 0.3) is 0 Å². The van der Waals surface area contributed by atoms with E-state index in [1.807, 2.05) is 24.3 Å². The minimum atomic E-state index is -0.0655. The van der Waals surface area contributed by atoms with Gasteiger partial charge in [-0.1, -0.05) is 38.1 Å². The number of carbonyl (C=O) groups is 1. The van der Waals surface area contributed by atoms with Crippen molar-refractivity contribution in [2.45, 2.75) is 45.8 Å². The summed E-state index contributed by atoms with van der Waals surface area (Å²) in [5.41, 5.74) is 2.07. The van der Waals surface area contributed by atoms with E-state index in [1.54, 1.807) is 0 Å². The molecule has 1 aromatic carbocycles. The number of carbonyl (C=O) groups excluding carboxylic acids is 1. The second-order valence-corrected chi connectivity index (χ2v) is 7.09. The molecule has 5 nitrogen and oxygen atoms in total. The second kappa shape index (κ2) is 9.64. The molecule has 1 aromatic rings. The number of piperidine rings is 1. The van der Waals surface area contributed by atoms with Crippen LogP contribution in [0.4, 0.5) is 4.79 Å². The lowest BCUT2D eigenvalue weighted by Gasteiger charge is -2.33. The Balaban J connectivity index is 1.61. The zero-order valence-electron chi connectivity index (χ0n) is 14.9. The maximum absolute atomic E-state index is 12.0. The van der Waals surface area contributed by atoms with Gasteiger partial charge in [-0.05, 0) is 36.3 Å². The van der Waals surface area contributed by atoms with Crippen LogP contribution in [0.15, 0.2) is 24.3 Å². The Bertz CT molecular complexity index is 494. The van der Waals surface area contributed by atoms with Gasteiger partial charge in [0.1, 0.15) is 0 Å². The van der Waals surface area contributed by atoms with E-state index in [4.69, 9.17) is 5.11 Å². The van der Waals surface area contributed by atoms with E-state index in [9.17, 15) is 4.79 Å². The van der Waals surface area contributed by atoms with Crippen molar-refractivity contribution in [1.82, 2.24) is 15.5 Å². The molecule has 2 rings (SSSR count). The highest BCUT2D eigenvalue weighted by molar-refractivity contribution is 5.74. The Hall–Kier alpha value is -1.59. The van der Waals surface area contributed by atoms with Crippen molar-refractivity contribution in [2.75, 3.05) is 26.2 Å². The molecule has 24 heavy (non-hydrogen) atoms. The lowest BCUT2D eigenvalue weighted by Crippen LogP contribution is -2.48. The van der Waals surface area contributed by atoms with Crippen LogP contribution in [0.2, 0.25) is 0 Å². The standard InChI is InChI=1S/C19H31N3O2/c1-15(2)13-22-11-8-18(9-12-22)21-19(24)20-10-7-16-3-5-17(14-23)6-4-16/h3-6,15,18,23H,7-14H2,1-2H3,(H2,20,21,24). The number of rotatable bonds is 7. The third kappa shape index (κ3) is 6.49. The van der Waals surface area contributed by atoms with Crippen LogP contribution >= 0.6 is 0 Å². The zero-order valence-corrected chi connectivity index (χ0v) is 14.9. The fourth-order valence-corrected chi connectivity index (χ4v) is 3.14. The summed E-state index contributed by atoms with van der Waals surface area (Å²) in [4.78, 5) is 14.5. The van der Waals surface area contributed by atoms with Gasteiger partial charge in [0.05, 0.1) is 6.61 Å². The SMILES string of the molecule is CC(C)CN1CCC(NC(=O)NCCc2ccc(CO)cc2)CC1. The number of aliphatic hydroxyl groups is 1. The predicted octanol–water partition coefficient (Wildman–Crippen LogP) is 2.14. The van der Waals surface area contributed by atoms with Crippen LogP contribution < -0.4 is 10.6 Å². The molecule has 0 aromatic heterocycles. The van der Waals surface area contributed by atoms with Crippen LogP contribution in [0.25, 0.3) is 0 Å². The third-order valence-electron chi connectivity index (χ3n) is 4.45. The highest BCUT2D eigenvalue weighted by Crippen LogP contribution is 2.12. The van der Waals surface area contributed by atoms with E-state index in [0.29, 0.717) is 12.5 Å². The fourth-order valence-electron chi connectivity index (χ4n) is 3.14. The van der Waals surface area contributed by atoms with Crippen LogP contribution in [0.5, 0.6) is 0 Å². The molecule has 1 saturated heterocycles. The van der Waals surface area contributed by atoms with Crippen molar-refractivity contribution >= 4 is 6.03 Å². The lowest BCUT2D eigenvalue weighted by atomic mass is 10.0. The monoisotopic (exact) mass is 333 g/mol. The maximum atomic E-state index is 12.0. The molecule has 0 aliphatic carbocycles. The first-order valence-electron chi connectivity index (χ1n) is 9.02. The average molecular weight is 333 g/mol. The molecule has 1 aliphatic rings. The quantitative estimate of drug-likeness (QED) is 0.716. The molecule has 1 heterocycles. The van der Waals surface area contributed by atoms with E-state index >= 15 is 0 Å². The van der Waals surface area contributed by atoms with Crippen LogP contribution in [0.1, 0.15) is 37.8 Å². The van der Waals surface area contributed by atoms with E-state index in [1.165, 1.54) is 0 Å². The van der Waals surface area contributed by atoms with Crippen LogP contribution in [0.3, 0.4) is 0 Å². The van der Waals surface area contributed by atoms with Gasteiger partial charge in [-0.2, -0.15) is 0 Å². The van der Waals surface area contributed by atoms with Gasteiger partial charge in [-0.15, -0.1) is 0 Å². The Morgan fingerprint density at radius 2 is 1.83 bits per heavy atom. The third-order valence-corrected chi connectivity index (χ3v) is 4.45. The molecule has 3 N–H and O–H groups in total. The molecule has 0 bridgehead atoms. The topological polar surface area (TPSA) is 64.6 Å². The summed E-state index contributed by atoms with van der Waals surface area (Å²) in [5.74, 6) is 0.698. The van der Waals surface area contributed by atoms with Crippen molar-refractivity contribution in [3.05, 3.63) is 35.4 Å². The molecule has 1 aliphatic heterocycles. The highest BCUT2D eigenvalue weighted by Gasteiger charge is 2.20. The first-order valence-corrected chi connectivity index (χ1v) is 9.02. The van der Waals surface area contributed by atoms with Gasteiger partial charge in [0.2, 0.25) is 0 Å². The summed E-state index contributed by atoms with van der Waals surface area (Å²) < 4.78 is 0. The van der Waals surface area contributed by atoms with E-state index in [2.05, 4.69) is 29.4 Å². The van der Waals surface area contributed by atoms with Crippen molar-refractivity contribution in [3.8, 4) is 0 Å². The van der Waals surface area contributed by atoms with Crippen LogP contribution in [-0.4, -0.2) is 48.3 Å². The summed E-state index contributed by atoms with van der Waals surface area (Å²) in [6.07, 6.45) is 2.86. The smallest absolute Gasteiger partial charge is 0.315 e. The van der Waals surface area contributed by atoms with Gasteiger partial charge >= 0.3 is 6.03 Å². The minimum Gasteiger partial charge on any atom is -0.392 e. The number of nitrogens with zero attached hydrogens (tertiary/aromatic N) is 1. The first-order chi connectivity index (χ1) is 11.6. The number of urea groups is 1. The van der Waals surface area contributed by atoms with Gasteiger partial charge in [0.15, 0.2) is 0 Å². The molecule has 0 atom stereocenters. The average Bonchev–Trinajstić information content (AvgIpc) is 2.57. The summed E-state index contributed by atoms with van der Waals surface area (Å²) in [7, 11) is 0. The molecule has 5 heteroatoms. The van der Waals surface area contributed by atoms with Gasteiger partial charge in [0, 0.05) is 32.2 Å². The molecule has 1 fully saturated rings. The normalized spacial score (nSPS) is 16.3. The Morgan fingerprint density at radius 3 is 2.42 bits per heavy atom. The molecule has 0 unspecified atom stereocenters. The molecule has 0 saturated carbocycles. The molecule has 134 valence electrons. The number of likely N-dealkylation sites (tertiary alicyclic amines) is 1. The molecule has 0 spiro atoms. The number of hydrogen-bond donors (Lipinski definition) is 3. The van der Waals surface area contributed by atoms with Gasteiger partial charge in [-0.3, -0.25) is 0 Å². The number of benzene rings is 1. The zero-order chi connectivity index (χ0) is 17.4. The number of amides is 2. The molecular weight excluding hydrogens is 302 g/mol. The molecule has 0 radical (unpaired) electrons. The summed E-state index contributed by atoms with van der Waals surface area (Å²) in [6, 6.07) is 8.05. The van der Waals surface area contributed by atoms with E-state index in [0.717, 1.165) is 50.0 Å². The van der Waals surface area contributed by atoms with Crippen molar-refractivity contribution < 1.29 is 9.90 Å². The maximum Gasteiger partial charge on any atom is 0.315 e. The fraction of sp³-hybridized carbons (Fsp3) is 0.632. The number of aliphatic hydroxyl groups excluding tert-OH is 1. The molecular formula is C19H31N3O2. The van der Waals surface area contributed by atoms with Gasteiger partial charge in [-0.25, -0.2) is 4.79 Å². The highest BCUT2D eigenvalue weighted by atomic mass is 16.3. The number of nitrogens with one attached hydrogen (secondary N) is 2. The summed E-state index contributed by atoms with van der Waals surface area (Å²) in [5, 5.41) is 15.0. The minimum absolute atomic E-state index is 0.0655. The van der Waals surface area contributed by atoms with Crippen molar-refractivity contribution in [1.29, 1.82) is 0 Å². The second-order valence-electron chi connectivity index (χ2n) is 7.09. The lowest BCUT2D eigenvalue weighted by molar-refractivity contribution is 0.178. The predicted molar refractivity (Wildman–Crippen MR) is 96.9 cm³/mol. The summed E-state index contributed by atoms with van der Waals surface area (Å²) >= 11 is 0. The Labute approximate surface area is 145 Å². The van der Waals surface area contributed by atoms with Crippen molar-refractivity contribution in [3.63, 3.8) is 0 Å². The van der Waals surface area contributed by atoms with Crippen LogP contribution in [-0.2, 0) is 13.0 Å². The molecule has 2 amide bonds. The first kappa shape index (κ1) is 18.7. The Kier molecular flexibility index (Phi) is 7.53. The van der Waals surface area contributed by atoms with Crippen molar-refractivity contribution in [2.24, 2.45) is 5.92 Å². The number of hydrogen-bond acceptors (Lipinski definition) is 3. The Morgan fingerprint density at radius 1 is 1.21 bits per heavy atom. The van der Waals surface area contributed by atoms with Crippen LogP contribution in [0, 0.1) is 5.92 Å².